The highest BCUT2D eigenvalue weighted by molar-refractivity contribution is 7.98. The van der Waals surface area contributed by atoms with Crippen molar-refractivity contribution >= 4 is 35.7 Å². The highest BCUT2D eigenvalue weighted by Crippen LogP contribution is 2.23. The molecule has 0 saturated carbocycles. The van der Waals surface area contributed by atoms with Crippen LogP contribution in [0.15, 0.2) is 0 Å². The van der Waals surface area contributed by atoms with Crippen LogP contribution in [0.1, 0.15) is 90.9 Å². The molecule has 26 heavy (non-hydrogen) atoms. The molecule has 0 aromatic carbocycles. The van der Waals surface area contributed by atoms with Crippen LogP contribution in [0.5, 0.6) is 0 Å². The van der Waals surface area contributed by atoms with Crippen molar-refractivity contribution in [1.29, 1.82) is 0 Å². The first-order valence-electron chi connectivity index (χ1n) is 10.6. The summed E-state index contributed by atoms with van der Waals surface area (Å²) < 4.78 is 3.35. The van der Waals surface area contributed by atoms with E-state index in [2.05, 4.69) is 13.8 Å². The fourth-order valence-corrected chi connectivity index (χ4v) is 4.84. The van der Waals surface area contributed by atoms with Gasteiger partial charge in [0, 0.05) is 11.5 Å². The summed E-state index contributed by atoms with van der Waals surface area (Å²) in [6.45, 7) is 4.93. The normalized spacial score (nSPS) is 15.2. The largest absolute Gasteiger partial charge is 0.275 e. The van der Waals surface area contributed by atoms with Gasteiger partial charge in [0.25, 0.3) is 11.8 Å². The molecule has 152 valence electrons. The number of carbonyl (C=O) groups excluding carboxylic acids is 2. The molecule has 0 aliphatic carbocycles. The van der Waals surface area contributed by atoms with E-state index in [0.29, 0.717) is 0 Å². The first-order valence-corrected chi connectivity index (χ1v) is 12.4. The van der Waals surface area contributed by atoms with Crippen LogP contribution in [0.25, 0.3) is 0 Å². The van der Waals surface area contributed by atoms with Crippen molar-refractivity contribution < 1.29 is 9.59 Å². The zero-order valence-electron chi connectivity index (χ0n) is 16.8. The number of nitrogens with zero attached hydrogens (tertiary/aromatic N) is 2. The summed E-state index contributed by atoms with van der Waals surface area (Å²) in [6, 6.07) is 0. The van der Waals surface area contributed by atoms with Crippen LogP contribution in [0.4, 0.5) is 0 Å². The van der Waals surface area contributed by atoms with Crippen molar-refractivity contribution in [1.82, 2.24) is 8.61 Å². The van der Waals surface area contributed by atoms with Crippen molar-refractivity contribution in [2.75, 3.05) is 24.6 Å². The van der Waals surface area contributed by atoms with Crippen molar-refractivity contribution in [3.8, 4) is 0 Å². The van der Waals surface area contributed by atoms with E-state index in [-0.39, 0.29) is 24.9 Å². The van der Waals surface area contributed by atoms with Gasteiger partial charge in [0.2, 0.25) is 0 Å². The second-order valence-electron chi connectivity index (χ2n) is 7.06. The molecule has 0 spiro atoms. The van der Waals surface area contributed by atoms with Crippen molar-refractivity contribution in [3.63, 3.8) is 0 Å². The molecule has 2 amide bonds. The lowest BCUT2D eigenvalue weighted by Crippen LogP contribution is -2.48. The Bertz CT molecular complexity index is 358. The molecule has 1 rings (SSSR count). The summed E-state index contributed by atoms with van der Waals surface area (Å²) in [4.78, 5) is 24.5. The minimum atomic E-state index is 0.0797. The second-order valence-corrected chi connectivity index (χ2v) is 9.28. The van der Waals surface area contributed by atoms with Crippen molar-refractivity contribution in [2.24, 2.45) is 0 Å². The number of carbonyl (C=O) groups is 2. The summed E-state index contributed by atoms with van der Waals surface area (Å²) in [5.41, 5.74) is 0. The van der Waals surface area contributed by atoms with E-state index in [9.17, 15) is 9.59 Å². The number of rotatable bonds is 16. The van der Waals surface area contributed by atoms with Gasteiger partial charge in [0.1, 0.15) is 13.1 Å². The van der Waals surface area contributed by atoms with Gasteiger partial charge in [-0.3, -0.25) is 18.2 Å². The zero-order chi connectivity index (χ0) is 19.0. The molecular formula is C20H38N2O2S2. The average Bonchev–Trinajstić information content (AvgIpc) is 2.63. The van der Waals surface area contributed by atoms with Gasteiger partial charge in [-0.15, -0.1) is 0 Å². The van der Waals surface area contributed by atoms with E-state index < -0.39 is 0 Å². The standard InChI is InChI=1S/C20H38N2O2S2/c1-3-5-7-9-11-13-15-25-21-17-20(24)22(18-19(21)23)26-16-14-12-10-8-6-4-2/h3-18H2,1-2H3. The van der Waals surface area contributed by atoms with Gasteiger partial charge in [0.15, 0.2) is 0 Å². The molecular weight excluding hydrogens is 364 g/mol. The van der Waals surface area contributed by atoms with Gasteiger partial charge >= 0.3 is 0 Å². The Balaban J connectivity index is 2.09. The van der Waals surface area contributed by atoms with Crippen LogP contribution in [-0.4, -0.2) is 45.0 Å². The van der Waals surface area contributed by atoms with Crippen LogP contribution in [-0.2, 0) is 9.59 Å². The van der Waals surface area contributed by atoms with Crippen LogP contribution in [0.2, 0.25) is 0 Å². The fourth-order valence-electron chi connectivity index (χ4n) is 2.93. The molecule has 1 fully saturated rings. The molecule has 1 saturated heterocycles. The van der Waals surface area contributed by atoms with Crippen LogP contribution >= 0.6 is 23.9 Å². The summed E-state index contributed by atoms with van der Waals surface area (Å²) in [7, 11) is 0. The van der Waals surface area contributed by atoms with Gasteiger partial charge < -0.3 is 0 Å². The van der Waals surface area contributed by atoms with Crippen LogP contribution in [0, 0.1) is 0 Å². The van der Waals surface area contributed by atoms with E-state index in [1.54, 1.807) is 32.5 Å². The zero-order valence-corrected chi connectivity index (χ0v) is 18.5. The van der Waals surface area contributed by atoms with E-state index in [1.165, 1.54) is 64.2 Å². The summed E-state index contributed by atoms with van der Waals surface area (Å²) in [5, 5.41) is 0. The smallest absolute Gasteiger partial charge is 0.253 e. The van der Waals surface area contributed by atoms with E-state index in [4.69, 9.17) is 0 Å². The Morgan fingerprint density at radius 1 is 0.615 bits per heavy atom. The highest BCUT2D eigenvalue weighted by Gasteiger charge is 2.30. The third-order valence-electron chi connectivity index (χ3n) is 4.60. The van der Waals surface area contributed by atoms with Gasteiger partial charge in [-0.1, -0.05) is 78.1 Å². The molecule has 4 nitrogen and oxygen atoms in total. The monoisotopic (exact) mass is 402 g/mol. The SMILES string of the molecule is CCCCCCCCSN1CC(=O)N(SCCCCCCCC)CC1=O. The lowest BCUT2D eigenvalue weighted by atomic mass is 10.1. The lowest BCUT2D eigenvalue weighted by Gasteiger charge is -2.32. The highest BCUT2D eigenvalue weighted by atomic mass is 32.2. The third-order valence-corrected chi connectivity index (χ3v) is 6.84. The maximum Gasteiger partial charge on any atom is 0.253 e. The molecule has 0 radical (unpaired) electrons. The van der Waals surface area contributed by atoms with E-state index in [1.807, 2.05) is 0 Å². The van der Waals surface area contributed by atoms with Gasteiger partial charge in [-0.25, -0.2) is 0 Å². The minimum absolute atomic E-state index is 0.0797. The molecule has 1 heterocycles. The fraction of sp³-hybridized carbons (Fsp3) is 0.900. The lowest BCUT2D eigenvalue weighted by molar-refractivity contribution is -0.140. The number of hydrogen-bond acceptors (Lipinski definition) is 4. The van der Waals surface area contributed by atoms with Crippen molar-refractivity contribution in [2.45, 2.75) is 90.9 Å². The Morgan fingerprint density at radius 3 is 1.35 bits per heavy atom. The Hall–Kier alpha value is -0.360. The molecule has 0 bridgehead atoms. The number of amides is 2. The van der Waals surface area contributed by atoms with Gasteiger partial charge in [0.05, 0.1) is 0 Å². The Morgan fingerprint density at radius 2 is 0.962 bits per heavy atom. The van der Waals surface area contributed by atoms with E-state index >= 15 is 0 Å². The predicted molar refractivity (Wildman–Crippen MR) is 115 cm³/mol. The first-order chi connectivity index (χ1) is 12.7. The number of unbranched alkanes of at least 4 members (excludes halogenated alkanes) is 10. The topological polar surface area (TPSA) is 40.6 Å². The molecule has 1 aliphatic heterocycles. The molecule has 0 N–H and O–H groups in total. The van der Waals surface area contributed by atoms with E-state index in [0.717, 1.165) is 24.3 Å². The molecule has 1 aliphatic rings. The number of hydrogen-bond donors (Lipinski definition) is 0. The molecule has 6 heteroatoms. The van der Waals surface area contributed by atoms with Gasteiger partial charge in [-0.2, -0.15) is 0 Å². The van der Waals surface area contributed by atoms with Crippen molar-refractivity contribution in [3.05, 3.63) is 0 Å². The second kappa shape index (κ2) is 15.7. The summed E-state index contributed by atoms with van der Waals surface area (Å²) in [6.07, 6.45) is 15.1. The maximum atomic E-state index is 12.3. The Labute approximate surface area is 169 Å². The Kier molecular flexibility index (Phi) is 14.3. The molecule has 0 aromatic heterocycles. The predicted octanol–water partition coefficient (Wildman–Crippen LogP) is 5.67. The molecule has 0 aromatic rings. The maximum absolute atomic E-state index is 12.3. The third kappa shape index (κ3) is 10.7. The summed E-state index contributed by atoms with van der Waals surface area (Å²) in [5.74, 6) is 2.04. The minimum Gasteiger partial charge on any atom is -0.275 e. The van der Waals surface area contributed by atoms with Crippen LogP contribution < -0.4 is 0 Å². The quantitative estimate of drug-likeness (QED) is 0.246. The van der Waals surface area contributed by atoms with Crippen LogP contribution in [0.3, 0.4) is 0 Å². The number of piperazine rings is 1. The molecule has 0 atom stereocenters. The summed E-state index contributed by atoms with van der Waals surface area (Å²) >= 11 is 3.08. The average molecular weight is 403 g/mol. The van der Waals surface area contributed by atoms with Gasteiger partial charge in [-0.05, 0) is 36.7 Å². The molecule has 0 unspecified atom stereocenters. The first kappa shape index (κ1) is 23.7.